The lowest BCUT2D eigenvalue weighted by Crippen LogP contribution is -2.44. The van der Waals surface area contributed by atoms with E-state index in [1.54, 1.807) is 0 Å². The van der Waals surface area contributed by atoms with Crippen molar-refractivity contribution in [1.82, 2.24) is 5.32 Å². The number of hydrogen-bond donors (Lipinski definition) is 1. The Morgan fingerprint density at radius 1 is 0.750 bits per heavy atom. The highest BCUT2D eigenvalue weighted by Gasteiger charge is 2.31. The summed E-state index contributed by atoms with van der Waals surface area (Å²) in [7, 11) is 0. The summed E-state index contributed by atoms with van der Waals surface area (Å²) >= 11 is 0. The molecule has 4 rings (SSSR count). The predicted octanol–water partition coefficient (Wildman–Crippen LogP) is 6.04. The maximum Gasteiger partial charge on any atom is 0.222 e. The van der Waals surface area contributed by atoms with Crippen molar-refractivity contribution >= 4 is 5.91 Å². The Bertz CT molecular complexity index is 920. The van der Waals surface area contributed by atoms with Gasteiger partial charge in [0, 0.05) is 12.0 Å². The number of benzene rings is 3. The second kappa shape index (κ2) is 8.02. The van der Waals surface area contributed by atoms with Crippen molar-refractivity contribution in [3.05, 3.63) is 84.4 Å². The van der Waals surface area contributed by atoms with Crippen molar-refractivity contribution < 1.29 is 4.79 Å². The third-order valence-corrected chi connectivity index (χ3v) is 5.72. The van der Waals surface area contributed by atoms with E-state index in [2.05, 4.69) is 78.1 Å². The summed E-state index contributed by atoms with van der Waals surface area (Å²) in [5.74, 6) is 0.788. The molecule has 0 radical (unpaired) electrons. The van der Waals surface area contributed by atoms with E-state index in [4.69, 9.17) is 0 Å². The molecule has 0 unspecified atom stereocenters. The molecule has 0 aliphatic heterocycles. The van der Waals surface area contributed by atoms with Gasteiger partial charge in [-0.3, -0.25) is 4.79 Å². The van der Waals surface area contributed by atoms with Crippen LogP contribution in [0.2, 0.25) is 0 Å². The molecule has 0 saturated heterocycles. The first kappa shape index (κ1) is 18.5. The SMILES string of the molecule is CC(C)C(=O)NC1CC(c2ccc(-c3ccc(-c4ccccc4)cc3)cc2)C1. The minimum Gasteiger partial charge on any atom is -0.353 e. The number of rotatable bonds is 5. The van der Waals surface area contributed by atoms with Crippen molar-refractivity contribution in [2.24, 2.45) is 5.92 Å². The van der Waals surface area contributed by atoms with Gasteiger partial charge in [0.05, 0.1) is 0 Å². The molecule has 2 nitrogen and oxygen atoms in total. The highest BCUT2D eigenvalue weighted by atomic mass is 16.1. The third kappa shape index (κ3) is 4.01. The van der Waals surface area contributed by atoms with Gasteiger partial charge >= 0.3 is 0 Å². The van der Waals surface area contributed by atoms with Crippen molar-refractivity contribution in [3.8, 4) is 22.3 Å². The van der Waals surface area contributed by atoms with E-state index in [0.717, 1.165) is 12.8 Å². The smallest absolute Gasteiger partial charge is 0.222 e. The Kier molecular flexibility index (Phi) is 5.29. The average Bonchev–Trinajstić information content (AvgIpc) is 2.71. The van der Waals surface area contributed by atoms with E-state index in [1.165, 1.54) is 27.8 Å². The molecule has 0 heterocycles. The van der Waals surface area contributed by atoms with Gasteiger partial charge in [0.2, 0.25) is 5.91 Å². The largest absolute Gasteiger partial charge is 0.353 e. The summed E-state index contributed by atoms with van der Waals surface area (Å²) < 4.78 is 0. The Labute approximate surface area is 167 Å². The van der Waals surface area contributed by atoms with Gasteiger partial charge in [-0.15, -0.1) is 0 Å². The Morgan fingerprint density at radius 3 is 1.71 bits per heavy atom. The first-order valence-electron chi connectivity index (χ1n) is 10.2. The molecule has 0 atom stereocenters. The molecule has 28 heavy (non-hydrogen) atoms. The van der Waals surface area contributed by atoms with Gasteiger partial charge in [-0.05, 0) is 46.6 Å². The predicted molar refractivity (Wildman–Crippen MR) is 116 cm³/mol. The second-order valence-corrected chi connectivity index (χ2v) is 8.09. The maximum absolute atomic E-state index is 11.8. The molecule has 1 saturated carbocycles. The summed E-state index contributed by atoms with van der Waals surface area (Å²) in [5, 5.41) is 3.13. The summed E-state index contributed by atoms with van der Waals surface area (Å²) in [5.41, 5.74) is 6.34. The number of carbonyl (C=O) groups is 1. The molecule has 0 bridgehead atoms. The van der Waals surface area contributed by atoms with Crippen molar-refractivity contribution in [3.63, 3.8) is 0 Å². The summed E-state index contributed by atoms with van der Waals surface area (Å²) in [6.07, 6.45) is 2.09. The number of hydrogen-bond acceptors (Lipinski definition) is 1. The van der Waals surface area contributed by atoms with Crippen LogP contribution in [0.3, 0.4) is 0 Å². The van der Waals surface area contributed by atoms with Crippen molar-refractivity contribution in [2.75, 3.05) is 0 Å². The topological polar surface area (TPSA) is 29.1 Å². The molecule has 1 fully saturated rings. The van der Waals surface area contributed by atoms with Crippen LogP contribution in [0.15, 0.2) is 78.9 Å². The minimum atomic E-state index is 0.0617. The first-order chi connectivity index (χ1) is 13.6. The molecule has 3 aromatic carbocycles. The van der Waals surface area contributed by atoms with E-state index < -0.39 is 0 Å². The second-order valence-electron chi connectivity index (χ2n) is 8.09. The molecule has 1 N–H and O–H groups in total. The van der Waals surface area contributed by atoms with Crippen LogP contribution in [-0.2, 0) is 4.79 Å². The van der Waals surface area contributed by atoms with Crippen LogP contribution in [0.25, 0.3) is 22.3 Å². The standard InChI is InChI=1S/C26H27NO/c1-18(2)26(28)27-25-16-24(17-25)23-14-12-22(13-15-23)21-10-8-20(9-11-21)19-6-4-3-5-7-19/h3-15,18,24-25H,16-17H2,1-2H3,(H,27,28). The average molecular weight is 370 g/mol. The monoisotopic (exact) mass is 369 g/mol. The molecule has 1 amide bonds. The van der Waals surface area contributed by atoms with E-state index in [1.807, 2.05) is 19.9 Å². The quantitative estimate of drug-likeness (QED) is 0.584. The van der Waals surface area contributed by atoms with E-state index in [0.29, 0.717) is 12.0 Å². The van der Waals surface area contributed by atoms with Gasteiger partial charge < -0.3 is 5.32 Å². The van der Waals surface area contributed by atoms with Crippen LogP contribution < -0.4 is 5.32 Å². The van der Waals surface area contributed by atoms with Gasteiger partial charge in [0.15, 0.2) is 0 Å². The lowest BCUT2D eigenvalue weighted by Gasteiger charge is -2.36. The zero-order valence-corrected chi connectivity index (χ0v) is 16.6. The Hall–Kier alpha value is -2.87. The molecule has 0 aromatic heterocycles. The number of carbonyl (C=O) groups excluding carboxylic acids is 1. The molecule has 3 aromatic rings. The summed E-state index contributed by atoms with van der Waals surface area (Å²) in [6.45, 7) is 3.88. The van der Waals surface area contributed by atoms with Gasteiger partial charge in [0.1, 0.15) is 0 Å². The first-order valence-corrected chi connectivity index (χ1v) is 10.2. The minimum absolute atomic E-state index is 0.0617. The van der Waals surface area contributed by atoms with Crippen LogP contribution in [-0.4, -0.2) is 11.9 Å². The lowest BCUT2D eigenvalue weighted by atomic mass is 9.75. The molecule has 142 valence electrons. The highest BCUT2D eigenvalue weighted by Crippen LogP contribution is 2.37. The molecule has 2 heteroatoms. The van der Waals surface area contributed by atoms with Crippen molar-refractivity contribution in [2.45, 2.75) is 38.6 Å². The Balaban J connectivity index is 1.38. The molecule has 1 aliphatic rings. The van der Waals surface area contributed by atoms with E-state index >= 15 is 0 Å². The van der Waals surface area contributed by atoms with Crippen LogP contribution in [0.1, 0.15) is 38.2 Å². The normalized spacial score (nSPS) is 18.5. The van der Waals surface area contributed by atoms with E-state index in [9.17, 15) is 4.79 Å². The zero-order valence-electron chi connectivity index (χ0n) is 16.6. The summed E-state index contributed by atoms with van der Waals surface area (Å²) in [6, 6.07) is 28.5. The van der Waals surface area contributed by atoms with Crippen LogP contribution in [0.4, 0.5) is 0 Å². The van der Waals surface area contributed by atoms with Crippen LogP contribution in [0, 0.1) is 5.92 Å². The molecular formula is C26H27NO. The molecular weight excluding hydrogens is 342 g/mol. The summed E-state index contributed by atoms with van der Waals surface area (Å²) in [4.78, 5) is 11.8. The van der Waals surface area contributed by atoms with Gasteiger partial charge in [-0.2, -0.15) is 0 Å². The fourth-order valence-electron chi connectivity index (χ4n) is 3.81. The van der Waals surface area contributed by atoms with E-state index in [-0.39, 0.29) is 11.8 Å². The highest BCUT2D eigenvalue weighted by molar-refractivity contribution is 5.78. The van der Waals surface area contributed by atoms with Crippen molar-refractivity contribution in [1.29, 1.82) is 0 Å². The van der Waals surface area contributed by atoms with Gasteiger partial charge in [0.25, 0.3) is 0 Å². The zero-order chi connectivity index (χ0) is 19.5. The molecule has 0 spiro atoms. The lowest BCUT2D eigenvalue weighted by molar-refractivity contribution is -0.125. The van der Waals surface area contributed by atoms with Crippen LogP contribution in [0.5, 0.6) is 0 Å². The number of nitrogens with one attached hydrogen (secondary N) is 1. The van der Waals surface area contributed by atoms with Gasteiger partial charge in [-0.1, -0.05) is 92.7 Å². The fraction of sp³-hybridized carbons (Fsp3) is 0.269. The maximum atomic E-state index is 11.8. The number of amides is 1. The van der Waals surface area contributed by atoms with Crippen LogP contribution >= 0.6 is 0 Å². The molecule has 1 aliphatic carbocycles. The van der Waals surface area contributed by atoms with Gasteiger partial charge in [-0.25, -0.2) is 0 Å². The third-order valence-electron chi connectivity index (χ3n) is 5.72. The Morgan fingerprint density at radius 2 is 1.21 bits per heavy atom. The fourth-order valence-corrected chi connectivity index (χ4v) is 3.81.